The molecule has 0 spiro atoms. The predicted octanol–water partition coefficient (Wildman–Crippen LogP) is 2.64. The molecule has 1 saturated heterocycles. The van der Waals surface area contributed by atoms with Crippen molar-refractivity contribution in [1.29, 1.82) is 0 Å². The number of likely N-dealkylation sites (tertiary alicyclic amines) is 1. The van der Waals surface area contributed by atoms with Crippen molar-refractivity contribution in [2.45, 2.75) is 64.5 Å². The van der Waals surface area contributed by atoms with E-state index in [0.29, 0.717) is 6.04 Å². The van der Waals surface area contributed by atoms with Crippen LogP contribution in [0, 0.1) is 0 Å². The first-order valence-electron chi connectivity index (χ1n) is 6.69. The van der Waals surface area contributed by atoms with Gasteiger partial charge in [-0.2, -0.15) is 0 Å². The summed E-state index contributed by atoms with van der Waals surface area (Å²) in [6.07, 6.45) is 8.28. The van der Waals surface area contributed by atoms with Crippen molar-refractivity contribution < 1.29 is 0 Å². The lowest BCUT2D eigenvalue weighted by atomic mass is 9.99. The molecule has 0 amide bonds. The molecule has 1 heterocycles. The van der Waals surface area contributed by atoms with Gasteiger partial charge >= 0.3 is 0 Å². The van der Waals surface area contributed by atoms with Crippen molar-refractivity contribution >= 4 is 0 Å². The Balaban J connectivity index is 2.17. The molecule has 15 heavy (non-hydrogen) atoms. The fraction of sp³-hybridized carbons (Fsp3) is 1.00. The Labute approximate surface area is 95.4 Å². The molecule has 0 saturated carbocycles. The average molecular weight is 212 g/mol. The van der Waals surface area contributed by atoms with E-state index in [2.05, 4.69) is 31.1 Å². The van der Waals surface area contributed by atoms with Crippen molar-refractivity contribution in [3.63, 3.8) is 0 Å². The molecule has 1 fully saturated rings. The van der Waals surface area contributed by atoms with Gasteiger partial charge in [0.05, 0.1) is 0 Å². The van der Waals surface area contributed by atoms with Crippen LogP contribution in [0.1, 0.15) is 52.4 Å². The zero-order valence-corrected chi connectivity index (χ0v) is 10.8. The van der Waals surface area contributed by atoms with Crippen LogP contribution in [-0.4, -0.2) is 37.1 Å². The summed E-state index contributed by atoms with van der Waals surface area (Å²) in [5.74, 6) is 0. The third-order valence-electron chi connectivity index (χ3n) is 3.80. The summed E-state index contributed by atoms with van der Waals surface area (Å²) >= 11 is 0. The van der Waals surface area contributed by atoms with Gasteiger partial charge in [0.1, 0.15) is 0 Å². The summed E-state index contributed by atoms with van der Waals surface area (Å²) < 4.78 is 0. The zero-order valence-electron chi connectivity index (χ0n) is 10.8. The molecule has 0 radical (unpaired) electrons. The Morgan fingerprint density at radius 3 is 2.87 bits per heavy atom. The number of hydrogen-bond donors (Lipinski definition) is 1. The molecule has 1 aliphatic heterocycles. The van der Waals surface area contributed by atoms with Crippen molar-refractivity contribution in [2.24, 2.45) is 0 Å². The van der Waals surface area contributed by atoms with Gasteiger partial charge in [-0.1, -0.05) is 13.3 Å². The fourth-order valence-electron chi connectivity index (χ4n) is 2.56. The van der Waals surface area contributed by atoms with Gasteiger partial charge in [-0.3, -0.25) is 0 Å². The second-order valence-electron chi connectivity index (χ2n) is 4.93. The number of piperidine rings is 1. The van der Waals surface area contributed by atoms with E-state index in [1.807, 2.05) is 0 Å². The van der Waals surface area contributed by atoms with Crippen molar-refractivity contribution in [3.05, 3.63) is 0 Å². The van der Waals surface area contributed by atoms with Gasteiger partial charge in [-0.15, -0.1) is 0 Å². The van der Waals surface area contributed by atoms with Crippen LogP contribution in [-0.2, 0) is 0 Å². The van der Waals surface area contributed by atoms with E-state index in [4.69, 9.17) is 0 Å². The standard InChI is InChI=1S/C13H28N2/c1-4-13-9-5-6-10-15(13)11-7-8-12(2)14-3/h12-14H,4-11H2,1-3H3. The van der Waals surface area contributed by atoms with Crippen molar-refractivity contribution in [1.82, 2.24) is 10.2 Å². The smallest absolute Gasteiger partial charge is 0.00926 e. The summed E-state index contributed by atoms with van der Waals surface area (Å²) in [5.41, 5.74) is 0. The highest BCUT2D eigenvalue weighted by Crippen LogP contribution is 2.19. The van der Waals surface area contributed by atoms with Crippen LogP contribution in [0.3, 0.4) is 0 Å². The Kier molecular flexibility index (Phi) is 6.26. The lowest BCUT2D eigenvalue weighted by Gasteiger charge is -2.35. The number of nitrogens with zero attached hydrogens (tertiary/aromatic N) is 1. The van der Waals surface area contributed by atoms with Crippen LogP contribution < -0.4 is 5.32 Å². The minimum absolute atomic E-state index is 0.676. The van der Waals surface area contributed by atoms with E-state index in [9.17, 15) is 0 Å². The van der Waals surface area contributed by atoms with Gasteiger partial charge in [0.2, 0.25) is 0 Å². The summed E-state index contributed by atoms with van der Waals surface area (Å²) in [7, 11) is 2.06. The molecular weight excluding hydrogens is 184 g/mol. The van der Waals surface area contributed by atoms with Gasteiger partial charge < -0.3 is 10.2 Å². The first-order chi connectivity index (χ1) is 7.27. The summed E-state index contributed by atoms with van der Waals surface area (Å²) in [6, 6.07) is 1.55. The van der Waals surface area contributed by atoms with Crippen LogP contribution in [0.5, 0.6) is 0 Å². The molecule has 2 atom stereocenters. The first-order valence-corrected chi connectivity index (χ1v) is 6.69. The summed E-state index contributed by atoms with van der Waals surface area (Å²) in [4.78, 5) is 2.71. The first kappa shape index (κ1) is 13.0. The minimum Gasteiger partial charge on any atom is -0.317 e. The average Bonchev–Trinajstić information content (AvgIpc) is 2.29. The van der Waals surface area contributed by atoms with Crippen LogP contribution in [0.4, 0.5) is 0 Å². The van der Waals surface area contributed by atoms with E-state index >= 15 is 0 Å². The van der Waals surface area contributed by atoms with Crippen LogP contribution in [0.2, 0.25) is 0 Å². The van der Waals surface area contributed by atoms with Crippen LogP contribution in [0.25, 0.3) is 0 Å². The minimum atomic E-state index is 0.676. The predicted molar refractivity (Wildman–Crippen MR) is 67.3 cm³/mol. The number of rotatable bonds is 6. The lowest BCUT2D eigenvalue weighted by molar-refractivity contribution is 0.140. The molecule has 2 nitrogen and oxygen atoms in total. The molecule has 0 aliphatic carbocycles. The van der Waals surface area contributed by atoms with Crippen LogP contribution >= 0.6 is 0 Å². The third-order valence-corrected chi connectivity index (χ3v) is 3.80. The largest absolute Gasteiger partial charge is 0.317 e. The van der Waals surface area contributed by atoms with Gasteiger partial charge in [0.25, 0.3) is 0 Å². The quantitative estimate of drug-likeness (QED) is 0.728. The Morgan fingerprint density at radius 1 is 1.40 bits per heavy atom. The van der Waals surface area contributed by atoms with E-state index < -0.39 is 0 Å². The highest BCUT2D eigenvalue weighted by atomic mass is 15.2. The summed E-state index contributed by atoms with van der Waals surface area (Å²) in [5, 5.41) is 3.31. The molecule has 0 aromatic rings. The molecule has 1 aliphatic rings. The van der Waals surface area contributed by atoms with Crippen LogP contribution in [0.15, 0.2) is 0 Å². The van der Waals surface area contributed by atoms with Gasteiger partial charge in [0.15, 0.2) is 0 Å². The second-order valence-corrected chi connectivity index (χ2v) is 4.93. The highest BCUT2D eigenvalue weighted by molar-refractivity contribution is 4.75. The number of nitrogens with one attached hydrogen (secondary N) is 1. The second kappa shape index (κ2) is 7.24. The maximum Gasteiger partial charge on any atom is 0.00926 e. The molecule has 0 bridgehead atoms. The molecule has 1 N–H and O–H groups in total. The Hall–Kier alpha value is -0.0800. The molecule has 90 valence electrons. The Morgan fingerprint density at radius 2 is 2.20 bits per heavy atom. The SMILES string of the molecule is CCC1CCCCN1CCCC(C)NC. The molecule has 1 rings (SSSR count). The molecule has 0 aromatic carbocycles. The fourth-order valence-corrected chi connectivity index (χ4v) is 2.56. The Bertz CT molecular complexity index is 159. The summed E-state index contributed by atoms with van der Waals surface area (Å²) in [6.45, 7) is 7.25. The maximum absolute atomic E-state index is 3.31. The molecule has 2 unspecified atom stereocenters. The molecule has 0 aromatic heterocycles. The van der Waals surface area contributed by atoms with E-state index in [0.717, 1.165) is 6.04 Å². The topological polar surface area (TPSA) is 15.3 Å². The lowest BCUT2D eigenvalue weighted by Crippen LogP contribution is -2.40. The zero-order chi connectivity index (χ0) is 11.1. The monoisotopic (exact) mass is 212 g/mol. The normalized spacial score (nSPS) is 25.4. The van der Waals surface area contributed by atoms with E-state index in [-0.39, 0.29) is 0 Å². The van der Waals surface area contributed by atoms with Gasteiger partial charge in [-0.25, -0.2) is 0 Å². The third kappa shape index (κ3) is 4.52. The maximum atomic E-state index is 3.31. The van der Waals surface area contributed by atoms with Gasteiger partial charge in [-0.05, 0) is 59.2 Å². The number of hydrogen-bond acceptors (Lipinski definition) is 2. The van der Waals surface area contributed by atoms with Crippen molar-refractivity contribution in [3.8, 4) is 0 Å². The van der Waals surface area contributed by atoms with E-state index in [1.165, 1.54) is 51.6 Å². The van der Waals surface area contributed by atoms with Crippen molar-refractivity contribution in [2.75, 3.05) is 20.1 Å². The van der Waals surface area contributed by atoms with Gasteiger partial charge in [0, 0.05) is 12.1 Å². The van der Waals surface area contributed by atoms with E-state index in [1.54, 1.807) is 0 Å². The molecule has 2 heteroatoms. The molecular formula is C13H28N2. The highest BCUT2D eigenvalue weighted by Gasteiger charge is 2.19.